The van der Waals surface area contributed by atoms with Gasteiger partial charge in [0.2, 0.25) is 5.91 Å². The third-order valence-corrected chi connectivity index (χ3v) is 4.00. The molecule has 0 fully saturated rings. The third kappa shape index (κ3) is 4.92. The maximum absolute atomic E-state index is 12.3. The number of nitrogens with zero attached hydrogens (tertiary/aromatic N) is 1. The van der Waals surface area contributed by atoms with Crippen LogP contribution in [0, 0.1) is 20.8 Å². The van der Waals surface area contributed by atoms with Gasteiger partial charge in [-0.3, -0.25) is 9.78 Å². The van der Waals surface area contributed by atoms with E-state index in [1.807, 2.05) is 26.8 Å². The van der Waals surface area contributed by atoms with Gasteiger partial charge in [-0.2, -0.15) is 0 Å². The number of nitrogens with one attached hydrogen (secondary N) is 1. The smallest absolute Gasteiger partial charge is 0.228 e. The van der Waals surface area contributed by atoms with Crippen LogP contribution in [0.4, 0.5) is 5.69 Å². The first-order valence-corrected chi connectivity index (χ1v) is 8.32. The Labute approximate surface area is 139 Å². The summed E-state index contributed by atoms with van der Waals surface area (Å²) in [5.74, 6) is 0.00293. The molecular weight excluding hydrogens is 284 g/mol. The Hall–Kier alpha value is -2.16. The van der Waals surface area contributed by atoms with Gasteiger partial charge in [0.15, 0.2) is 0 Å². The number of carbonyl (C=O) groups is 1. The number of pyridine rings is 1. The Morgan fingerprint density at radius 2 is 1.74 bits per heavy atom. The number of benzene rings is 1. The molecule has 122 valence electrons. The fourth-order valence-electron chi connectivity index (χ4n) is 2.79. The monoisotopic (exact) mass is 310 g/mol. The maximum Gasteiger partial charge on any atom is 0.228 e. The van der Waals surface area contributed by atoms with Gasteiger partial charge < -0.3 is 5.32 Å². The zero-order valence-corrected chi connectivity index (χ0v) is 14.6. The van der Waals surface area contributed by atoms with Crippen molar-refractivity contribution in [2.75, 3.05) is 5.32 Å². The summed E-state index contributed by atoms with van der Waals surface area (Å²) in [6.45, 7) is 8.09. The van der Waals surface area contributed by atoms with Crippen molar-refractivity contribution in [3.63, 3.8) is 0 Å². The average molecular weight is 310 g/mol. The molecule has 1 aromatic carbocycles. The van der Waals surface area contributed by atoms with Gasteiger partial charge in [-0.15, -0.1) is 0 Å². The lowest BCUT2D eigenvalue weighted by Crippen LogP contribution is -2.16. The summed E-state index contributed by atoms with van der Waals surface area (Å²) >= 11 is 0. The van der Waals surface area contributed by atoms with E-state index in [1.54, 1.807) is 0 Å². The van der Waals surface area contributed by atoms with Crippen molar-refractivity contribution in [2.24, 2.45) is 0 Å². The largest absolute Gasteiger partial charge is 0.324 e. The lowest BCUT2D eigenvalue weighted by atomic mass is 10.0. The first kappa shape index (κ1) is 17.2. The van der Waals surface area contributed by atoms with Crippen LogP contribution in [0.15, 0.2) is 30.3 Å². The lowest BCUT2D eigenvalue weighted by Gasteiger charge is -2.12. The molecule has 3 heteroatoms. The van der Waals surface area contributed by atoms with E-state index in [1.165, 1.54) is 18.4 Å². The normalized spacial score (nSPS) is 10.6. The second kappa shape index (κ2) is 7.91. The highest BCUT2D eigenvalue weighted by Crippen LogP contribution is 2.19. The van der Waals surface area contributed by atoms with Crippen LogP contribution in [0.2, 0.25) is 0 Å². The van der Waals surface area contributed by atoms with Crippen molar-refractivity contribution >= 4 is 11.6 Å². The second-order valence-corrected chi connectivity index (χ2v) is 6.19. The Morgan fingerprint density at radius 1 is 1.09 bits per heavy atom. The molecule has 2 rings (SSSR count). The molecule has 0 saturated heterocycles. The zero-order chi connectivity index (χ0) is 16.8. The fourth-order valence-corrected chi connectivity index (χ4v) is 2.79. The Bertz CT molecular complexity index is 652. The molecule has 0 bridgehead atoms. The van der Waals surface area contributed by atoms with Crippen molar-refractivity contribution in [1.82, 2.24) is 4.98 Å². The molecule has 1 N–H and O–H groups in total. The number of rotatable bonds is 6. The van der Waals surface area contributed by atoms with Gasteiger partial charge in [0.1, 0.15) is 0 Å². The van der Waals surface area contributed by atoms with Gasteiger partial charge in [0, 0.05) is 5.69 Å². The van der Waals surface area contributed by atoms with Crippen molar-refractivity contribution < 1.29 is 4.79 Å². The number of anilines is 1. The molecule has 0 spiro atoms. The zero-order valence-electron chi connectivity index (χ0n) is 14.6. The van der Waals surface area contributed by atoms with Gasteiger partial charge in [0.05, 0.1) is 17.8 Å². The number of aromatic nitrogens is 1. The van der Waals surface area contributed by atoms with E-state index in [0.29, 0.717) is 6.42 Å². The van der Waals surface area contributed by atoms with Crippen LogP contribution in [0.1, 0.15) is 47.8 Å². The molecular formula is C20H26N2O. The minimum atomic E-state index is 0.00293. The van der Waals surface area contributed by atoms with E-state index in [2.05, 4.69) is 41.5 Å². The molecule has 0 aliphatic rings. The summed E-state index contributed by atoms with van der Waals surface area (Å²) < 4.78 is 0. The van der Waals surface area contributed by atoms with Crippen molar-refractivity contribution in [3.8, 4) is 0 Å². The third-order valence-electron chi connectivity index (χ3n) is 4.00. The fraction of sp³-hybridized carbons (Fsp3) is 0.400. The number of hydrogen-bond donors (Lipinski definition) is 1. The van der Waals surface area contributed by atoms with Crippen molar-refractivity contribution in [1.29, 1.82) is 0 Å². The van der Waals surface area contributed by atoms with Crippen LogP contribution in [-0.2, 0) is 17.6 Å². The summed E-state index contributed by atoms with van der Waals surface area (Å²) in [6, 6.07) is 10.4. The Balaban J connectivity index is 2.00. The minimum Gasteiger partial charge on any atom is -0.324 e. The molecule has 0 atom stereocenters. The molecule has 1 amide bonds. The Kier molecular flexibility index (Phi) is 5.91. The first-order valence-electron chi connectivity index (χ1n) is 8.32. The summed E-state index contributed by atoms with van der Waals surface area (Å²) in [7, 11) is 0. The first-order chi connectivity index (χ1) is 11.0. The van der Waals surface area contributed by atoms with Crippen LogP contribution in [-0.4, -0.2) is 10.9 Å². The van der Waals surface area contributed by atoms with Crippen LogP contribution >= 0.6 is 0 Å². The highest BCUT2D eigenvalue weighted by Gasteiger charge is 2.10. The van der Waals surface area contributed by atoms with E-state index in [-0.39, 0.29) is 5.91 Å². The van der Waals surface area contributed by atoms with Crippen LogP contribution < -0.4 is 5.32 Å². The van der Waals surface area contributed by atoms with Crippen molar-refractivity contribution in [3.05, 3.63) is 58.4 Å². The summed E-state index contributed by atoms with van der Waals surface area (Å²) in [5.41, 5.74) is 6.11. The molecule has 0 radical (unpaired) electrons. The number of unbranched alkanes of at least 4 members (excludes halogenated alkanes) is 1. The topological polar surface area (TPSA) is 42.0 Å². The van der Waals surface area contributed by atoms with Crippen LogP contribution in [0.25, 0.3) is 0 Å². The summed E-state index contributed by atoms with van der Waals surface area (Å²) in [6.07, 6.45) is 3.91. The number of amides is 1. The predicted molar refractivity (Wildman–Crippen MR) is 95.8 cm³/mol. The van der Waals surface area contributed by atoms with E-state index in [0.717, 1.165) is 34.6 Å². The quantitative estimate of drug-likeness (QED) is 0.851. The number of carbonyl (C=O) groups excluding carboxylic acids is 1. The van der Waals surface area contributed by atoms with Gasteiger partial charge in [-0.05, 0) is 56.4 Å². The molecule has 3 nitrogen and oxygen atoms in total. The molecule has 0 unspecified atom stereocenters. The van der Waals surface area contributed by atoms with Crippen LogP contribution in [0.3, 0.4) is 0 Å². The molecule has 1 heterocycles. The summed E-state index contributed by atoms with van der Waals surface area (Å²) in [4.78, 5) is 16.7. The Morgan fingerprint density at radius 3 is 2.35 bits per heavy atom. The van der Waals surface area contributed by atoms with Crippen molar-refractivity contribution in [2.45, 2.75) is 53.4 Å². The maximum atomic E-state index is 12.3. The molecule has 1 aromatic heterocycles. The van der Waals surface area contributed by atoms with Gasteiger partial charge in [0.25, 0.3) is 0 Å². The number of aryl methyl sites for hydroxylation is 4. The highest BCUT2D eigenvalue weighted by atomic mass is 16.1. The second-order valence-electron chi connectivity index (χ2n) is 6.19. The molecule has 23 heavy (non-hydrogen) atoms. The average Bonchev–Trinajstić information content (AvgIpc) is 2.50. The molecule has 0 aliphatic heterocycles. The predicted octanol–water partition coefficient (Wildman–Crippen LogP) is 4.53. The van der Waals surface area contributed by atoms with E-state index in [4.69, 9.17) is 0 Å². The van der Waals surface area contributed by atoms with Gasteiger partial charge in [-0.25, -0.2) is 0 Å². The molecule has 0 aliphatic carbocycles. The van der Waals surface area contributed by atoms with E-state index < -0.39 is 0 Å². The highest BCUT2D eigenvalue weighted by molar-refractivity contribution is 5.93. The molecule has 0 saturated carbocycles. The van der Waals surface area contributed by atoms with E-state index >= 15 is 0 Å². The van der Waals surface area contributed by atoms with E-state index in [9.17, 15) is 4.79 Å². The molecule has 2 aromatic rings. The SMILES string of the molecule is CCCCc1ccc(CC(=O)Nc2c(C)cc(C)nc2C)cc1. The lowest BCUT2D eigenvalue weighted by molar-refractivity contribution is -0.115. The van der Waals surface area contributed by atoms with Gasteiger partial charge >= 0.3 is 0 Å². The summed E-state index contributed by atoms with van der Waals surface area (Å²) in [5, 5.41) is 3.00. The standard InChI is InChI=1S/C20H26N2O/c1-5-6-7-17-8-10-18(11-9-17)13-19(23)22-20-14(2)12-15(3)21-16(20)4/h8-12H,5-7,13H2,1-4H3,(H,22,23). The number of hydrogen-bond acceptors (Lipinski definition) is 2. The van der Waals surface area contributed by atoms with Crippen LogP contribution in [0.5, 0.6) is 0 Å². The minimum absolute atomic E-state index is 0.00293. The van der Waals surface area contributed by atoms with Gasteiger partial charge in [-0.1, -0.05) is 37.6 Å².